The van der Waals surface area contributed by atoms with E-state index in [-0.39, 0.29) is 17.9 Å². The molecule has 43 heavy (non-hydrogen) atoms. The molecule has 0 aliphatic heterocycles. The number of ether oxygens (including phenoxy) is 2. The smallest absolute Gasteiger partial charge is 0.343 e. The molecule has 220 valence electrons. The van der Waals surface area contributed by atoms with Crippen molar-refractivity contribution < 1.29 is 19.2 Å². The van der Waals surface area contributed by atoms with Crippen molar-refractivity contribution in [2.75, 3.05) is 20.8 Å². The minimum absolute atomic E-state index is 0.0204. The van der Waals surface area contributed by atoms with Gasteiger partial charge in [0.15, 0.2) is 0 Å². The minimum Gasteiger partial charge on any atom is -0.496 e. The molecule has 0 bridgehead atoms. The first-order chi connectivity index (χ1) is 20.8. The zero-order chi connectivity index (χ0) is 30.5. The minimum atomic E-state index is -0.685. The first kappa shape index (κ1) is 29.7. The third kappa shape index (κ3) is 6.35. The Kier molecular flexibility index (Phi) is 8.98. The van der Waals surface area contributed by atoms with Crippen LogP contribution >= 0.6 is 11.3 Å². The maximum atomic E-state index is 14.1. The number of fused-ring (bicyclic) bond motifs is 1. The van der Waals surface area contributed by atoms with Crippen molar-refractivity contribution in [2.45, 2.75) is 26.6 Å². The highest BCUT2D eigenvalue weighted by atomic mass is 32.1. The van der Waals surface area contributed by atoms with Crippen LogP contribution in [0, 0.1) is 10.1 Å². The molecule has 0 saturated heterocycles. The lowest BCUT2D eigenvalue weighted by atomic mass is 10.0. The Labute approximate surface area is 252 Å². The van der Waals surface area contributed by atoms with Gasteiger partial charge in [-0.3, -0.25) is 19.8 Å². The first-order valence-electron chi connectivity index (χ1n) is 13.8. The maximum Gasteiger partial charge on any atom is 0.343 e. The summed E-state index contributed by atoms with van der Waals surface area (Å²) >= 11 is 1.42. The number of carbonyl (C=O) groups excluding carboxylic acids is 1. The number of hydrogen-bond acceptors (Lipinski definition) is 8. The summed E-state index contributed by atoms with van der Waals surface area (Å²) in [5.74, 6) is -0.00291. The van der Waals surface area contributed by atoms with Crippen molar-refractivity contribution in [1.29, 1.82) is 0 Å². The van der Waals surface area contributed by atoms with Gasteiger partial charge < -0.3 is 14.0 Å². The molecule has 0 aliphatic carbocycles. The lowest BCUT2D eigenvalue weighted by Crippen LogP contribution is -2.23. The molecule has 9 nitrogen and oxygen atoms in total. The number of thiophene rings is 1. The second-order valence-corrected chi connectivity index (χ2v) is 11.1. The van der Waals surface area contributed by atoms with Gasteiger partial charge in [0.25, 0.3) is 5.69 Å². The van der Waals surface area contributed by atoms with Crippen molar-refractivity contribution >= 4 is 33.2 Å². The maximum absolute atomic E-state index is 14.1. The molecule has 0 aliphatic rings. The predicted molar refractivity (Wildman–Crippen MR) is 168 cm³/mol. The van der Waals surface area contributed by atoms with E-state index in [9.17, 15) is 19.7 Å². The summed E-state index contributed by atoms with van der Waals surface area (Å²) in [5.41, 5.74) is 3.00. The molecule has 0 saturated carbocycles. The molecule has 3 aromatic carbocycles. The Morgan fingerprint density at radius 2 is 1.70 bits per heavy atom. The van der Waals surface area contributed by atoms with Crippen LogP contribution in [0.2, 0.25) is 0 Å². The Hall–Kier alpha value is -4.80. The summed E-state index contributed by atoms with van der Waals surface area (Å²) in [6, 6.07) is 23.9. The van der Waals surface area contributed by atoms with E-state index in [1.165, 1.54) is 23.5 Å². The third-order valence-electron chi connectivity index (χ3n) is 7.10. The first-order valence-corrected chi connectivity index (χ1v) is 14.6. The van der Waals surface area contributed by atoms with Crippen LogP contribution in [0.25, 0.3) is 20.7 Å². The quantitative estimate of drug-likeness (QED) is 0.0972. The topological polar surface area (TPSA) is 104 Å². The zero-order valence-electron chi connectivity index (χ0n) is 24.1. The van der Waals surface area contributed by atoms with Crippen LogP contribution in [-0.4, -0.2) is 41.1 Å². The molecule has 0 N–H and O–H groups in total. The molecule has 0 radical (unpaired) electrons. The van der Waals surface area contributed by atoms with Crippen molar-refractivity contribution in [3.8, 4) is 16.2 Å². The number of para-hydroxylation sites is 1. The van der Waals surface area contributed by atoms with Crippen LogP contribution in [0.4, 0.5) is 5.69 Å². The van der Waals surface area contributed by atoms with E-state index in [2.05, 4.69) is 4.90 Å². The largest absolute Gasteiger partial charge is 0.496 e. The standard InChI is InChI=1S/C33H31N3O6S/c1-4-42-33(38)27-21-35(19-24-12-8-9-13-28(24)41-3)32-29(30(27)37)26(20-34(2)18-22-10-6-5-7-11-22)31(43-32)23-14-16-25(17-15-23)36(39)40/h5-17,21H,4,18-20H2,1-3H3. The van der Waals surface area contributed by atoms with Crippen LogP contribution in [0.3, 0.4) is 0 Å². The van der Waals surface area contributed by atoms with Crippen LogP contribution < -0.4 is 10.2 Å². The van der Waals surface area contributed by atoms with Crippen molar-refractivity contribution in [2.24, 2.45) is 0 Å². The summed E-state index contributed by atoms with van der Waals surface area (Å²) in [6.45, 7) is 3.20. The second-order valence-electron chi connectivity index (χ2n) is 10.1. The fourth-order valence-corrected chi connectivity index (χ4v) is 6.41. The van der Waals surface area contributed by atoms with E-state index in [0.717, 1.165) is 27.1 Å². The van der Waals surface area contributed by atoms with Gasteiger partial charge in [-0.2, -0.15) is 0 Å². The molecule has 2 aromatic heterocycles. The van der Waals surface area contributed by atoms with Gasteiger partial charge in [-0.1, -0.05) is 48.5 Å². The van der Waals surface area contributed by atoms with Crippen molar-refractivity contribution in [3.63, 3.8) is 0 Å². The van der Waals surface area contributed by atoms with E-state index in [1.54, 1.807) is 32.4 Å². The Bertz CT molecular complexity index is 1830. The highest BCUT2D eigenvalue weighted by Gasteiger charge is 2.25. The number of methoxy groups -OCH3 is 1. The summed E-state index contributed by atoms with van der Waals surface area (Å²) in [5, 5.41) is 11.8. The Balaban J connectivity index is 1.74. The number of carbonyl (C=O) groups is 1. The van der Waals surface area contributed by atoms with Crippen LogP contribution in [-0.2, 0) is 24.4 Å². The van der Waals surface area contributed by atoms with Gasteiger partial charge in [0.1, 0.15) is 16.1 Å². The molecule has 5 aromatic rings. The van der Waals surface area contributed by atoms with Gasteiger partial charge in [-0.15, -0.1) is 11.3 Å². The number of pyridine rings is 1. The number of hydrogen-bond donors (Lipinski definition) is 0. The number of nitro benzene ring substituents is 1. The lowest BCUT2D eigenvalue weighted by Gasteiger charge is -2.18. The van der Waals surface area contributed by atoms with E-state index in [0.29, 0.717) is 35.6 Å². The third-order valence-corrected chi connectivity index (χ3v) is 8.42. The predicted octanol–water partition coefficient (Wildman–Crippen LogP) is 6.50. The monoisotopic (exact) mass is 597 g/mol. The number of aromatic nitrogens is 1. The van der Waals surface area contributed by atoms with Crippen molar-refractivity contribution in [3.05, 3.63) is 128 Å². The fraction of sp³-hybridized carbons (Fsp3) is 0.212. The van der Waals surface area contributed by atoms with E-state index in [1.807, 2.05) is 66.2 Å². The Morgan fingerprint density at radius 1 is 1.00 bits per heavy atom. The number of benzene rings is 3. The molecule has 2 heterocycles. The summed E-state index contributed by atoms with van der Waals surface area (Å²) < 4.78 is 12.8. The number of esters is 1. The molecule has 0 spiro atoms. The van der Waals surface area contributed by atoms with Gasteiger partial charge in [-0.05, 0) is 48.9 Å². The summed E-state index contributed by atoms with van der Waals surface area (Å²) in [6.07, 6.45) is 1.56. The second kappa shape index (κ2) is 13.0. The van der Waals surface area contributed by atoms with E-state index < -0.39 is 16.3 Å². The molecule has 0 amide bonds. The molecule has 10 heteroatoms. The van der Waals surface area contributed by atoms with Crippen molar-refractivity contribution in [1.82, 2.24) is 9.47 Å². The number of non-ortho nitro benzene ring substituents is 1. The van der Waals surface area contributed by atoms with E-state index in [4.69, 9.17) is 9.47 Å². The summed E-state index contributed by atoms with van der Waals surface area (Å²) in [4.78, 5) is 41.6. The van der Waals surface area contributed by atoms with Gasteiger partial charge in [0.2, 0.25) is 5.43 Å². The summed E-state index contributed by atoms with van der Waals surface area (Å²) in [7, 11) is 3.57. The fourth-order valence-electron chi connectivity index (χ4n) is 5.12. The lowest BCUT2D eigenvalue weighted by molar-refractivity contribution is -0.384. The van der Waals surface area contributed by atoms with Gasteiger partial charge in [0.05, 0.1) is 30.6 Å². The SMILES string of the molecule is CCOC(=O)c1cn(Cc2ccccc2OC)c2sc(-c3ccc([N+](=O)[O-])cc3)c(CN(C)Cc3ccccc3)c2c1=O. The molecular formula is C33H31N3O6S. The van der Waals surface area contributed by atoms with Crippen LogP contribution in [0.15, 0.2) is 89.9 Å². The molecule has 5 rings (SSSR count). The zero-order valence-corrected chi connectivity index (χ0v) is 24.9. The molecule has 0 unspecified atom stereocenters. The highest BCUT2D eigenvalue weighted by molar-refractivity contribution is 7.22. The van der Waals surface area contributed by atoms with Gasteiger partial charge >= 0.3 is 5.97 Å². The molecular weight excluding hydrogens is 566 g/mol. The average Bonchev–Trinajstić information content (AvgIpc) is 3.39. The van der Waals surface area contributed by atoms with Gasteiger partial charge in [-0.25, -0.2) is 4.79 Å². The molecule has 0 fully saturated rings. The van der Waals surface area contributed by atoms with E-state index >= 15 is 0 Å². The van der Waals surface area contributed by atoms with Crippen LogP contribution in [0.5, 0.6) is 5.75 Å². The molecule has 0 atom stereocenters. The average molecular weight is 598 g/mol. The number of nitrogens with zero attached hydrogens (tertiary/aromatic N) is 3. The van der Waals surface area contributed by atoms with Crippen LogP contribution in [0.1, 0.15) is 34.0 Å². The number of nitro groups is 1. The highest BCUT2D eigenvalue weighted by Crippen LogP contribution is 2.39. The van der Waals surface area contributed by atoms with Gasteiger partial charge in [0, 0.05) is 41.9 Å². The normalized spacial score (nSPS) is 11.2. The number of rotatable bonds is 11. The Morgan fingerprint density at radius 3 is 2.37 bits per heavy atom.